The van der Waals surface area contributed by atoms with Gasteiger partial charge in [0, 0.05) is 17.5 Å². The molecule has 1 aromatic rings. The Hall–Kier alpha value is -1.22. The third kappa shape index (κ3) is 3.64. The number of hydrogen-bond donors (Lipinski definition) is 2. The van der Waals surface area contributed by atoms with Crippen LogP contribution in [0.15, 0.2) is 23.1 Å². The van der Waals surface area contributed by atoms with Crippen molar-refractivity contribution in [3.63, 3.8) is 0 Å². The summed E-state index contributed by atoms with van der Waals surface area (Å²) in [7, 11) is -3.67. The second-order valence-corrected chi connectivity index (χ2v) is 5.94. The van der Waals surface area contributed by atoms with E-state index in [2.05, 4.69) is 10.6 Å². The van der Waals surface area contributed by atoms with Crippen molar-refractivity contribution in [1.82, 2.24) is 4.72 Å². The molecule has 0 bridgehead atoms. The maximum atomic E-state index is 12.1. The van der Waals surface area contributed by atoms with E-state index >= 15 is 0 Å². The topological polar surface area (TPSA) is 72.2 Å². The second-order valence-electron chi connectivity index (χ2n) is 3.82. The Kier molecular flexibility index (Phi) is 5.03. The first-order valence-corrected chi connectivity index (χ1v) is 7.27. The molecular weight excluding hydrogens is 272 g/mol. The minimum absolute atomic E-state index is 0.0161. The average molecular weight is 287 g/mol. The molecule has 6 heteroatoms. The van der Waals surface area contributed by atoms with Gasteiger partial charge in [-0.2, -0.15) is 0 Å². The van der Waals surface area contributed by atoms with Crippen LogP contribution in [0.3, 0.4) is 0 Å². The summed E-state index contributed by atoms with van der Waals surface area (Å²) < 4.78 is 26.7. The van der Waals surface area contributed by atoms with E-state index in [9.17, 15) is 8.42 Å². The summed E-state index contributed by atoms with van der Waals surface area (Å²) in [5.41, 5.74) is 5.77. The van der Waals surface area contributed by atoms with E-state index in [-0.39, 0.29) is 16.6 Å². The third-order valence-corrected chi connectivity index (χ3v) is 4.27. The summed E-state index contributed by atoms with van der Waals surface area (Å²) in [5, 5.41) is 0.391. The zero-order chi connectivity index (χ0) is 13.8. The number of halogens is 1. The predicted molar refractivity (Wildman–Crippen MR) is 73.7 cm³/mol. The molecule has 0 heterocycles. The maximum Gasteiger partial charge on any atom is 0.242 e. The molecule has 0 fully saturated rings. The molecule has 1 aromatic carbocycles. The summed E-state index contributed by atoms with van der Waals surface area (Å²) in [6.45, 7) is 1.86. The van der Waals surface area contributed by atoms with Gasteiger partial charge in [0.25, 0.3) is 0 Å². The first-order valence-electron chi connectivity index (χ1n) is 5.41. The fraction of sp³-hybridized carbons (Fsp3) is 0.333. The number of sulfonamides is 1. The molecule has 18 heavy (non-hydrogen) atoms. The van der Waals surface area contributed by atoms with Gasteiger partial charge in [0.15, 0.2) is 0 Å². The van der Waals surface area contributed by atoms with Crippen LogP contribution in [0.4, 0.5) is 5.69 Å². The van der Waals surface area contributed by atoms with Gasteiger partial charge in [0.05, 0.1) is 5.69 Å². The Morgan fingerprint density at radius 2 is 2.22 bits per heavy atom. The highest BCUT2D eigenvalue weighted by atomic mass is 35.5. The number of rotatable bonds is 5. The van der Waals surface area contributed by atoms with Gasteiger partial charge in [-0.25, -0.2) is 13.1 Å². The average Bonchev–Trinajstić information content (AvgIpc) is 2.27. The normalized spacial score (nSPS) is 12.9. The second kappa shape index (κ2) is 6.10. The van der Waals surface area contributed by atoms with Crippen LogP contribution in [0.1, 0.15) is 19.8 Å². The summed E-state index contributed by atoms with van der Waals surface area (Å²) in [6, 6.07) is 3.96. The Morgan fingerprint density at radius 1 is 1.56 bits per heavy atom. The highest BCUT2D eigenvalue weighted by Gasteiger charge is 2.20. The van der Waals surface area contributed by atoms with Crippen LogP contribution in [0, 0.1) is 12.3 Å². The lowest BCUT2D eigenvalue weighted by Crippen LogP contribution is -2.34. The summed E-state index contributed by atoms with van der Waals surface area (Å²) in [6.07, 6.45) is 6.13. The van der Waals surface area contributed by atoms with E-state index in [1.807, 2.05) is 6.92 Å². The molecule has 98 valence electrons. The summed E-state index contributed by atoms with van der Waals surface area (Å²) in [4.78, 5) is 0.0161. The van der Waals surface area contributed by atoms with E-state index in [1.54, 1.807) is 0 Å². The molecule has 0 aromatic heterocycles. The molecule has 0 amide bonds. The maximum absolute atomic E-state index is 12.1. The molecule has 0 aliphatic rings. The molecule has 0 saturated carbocycles. The molecule has 0 spiro atoms. The molecule has 0 aliphatic carbocycles. The number of anilines is 1. The van der Waals surface area contributed by atoms with Crippen LogP contribution in [0.5, 0.6) is 0 Å². The number of nitrogens with one attached hydrogen (secondary N) is 1. The number of nitrogens with two attached hydrogens (primary N) is 1. The van der Waals surface area contributed by atoms with Crippen molar-refractivity contribution in [3.05, 3.63) is 23.2 Å². The molecule has 3 N–H and O–H groups in total. The molecule has 4 nitrogen and oxygen atoms in total. The van der Waals surface area contributed by atoms with Gasteiger partial charge in [0.1, 0.15) is 4.90 Å². The largest absolute Gasteiger partial charge is 0.398 e. The molecule has 1 unspecified atom stereocenters. The van der Waals surface area contributed by atoms with Gasteiger partial charge in [-0.05, 0) is 24.6 Å². The fourth-order valence-electron chi connectivity index (χ4n) is 1.46. The molecule has 1 rings (SSSR count). The number of hydrogen-bond acceptors (Lipinski definition) is 3. The van der Waals surface area contributed by atoms with Gasteiger partial charge >= 0.3 is 0 Å². The van der Waals surface area contributed by atoms with E-state index < -0.39 is 10.0 Å². The Balaban J connectivity index is 3.03. The zero-order valence-corrected chi connectivity index (χ0v) is 11.6. The first-order chi connectivity index (χ1) is 8.40. The molecule has 0 aliphatic heterocycles. The number of nitrogen functional groups attached to an aromatic ring is 1. The Morgan fingerprint density at radius 3 is 2.72 bits per heavy atom. The summed E-state index contributed by atoms with van der Waals surface area (Å²) >= 11 is 5.73. The minimum atomic E-state index is -3.67. The smallest absolute Gasteiger partial charge is 0.242 e. The van der Waals surface area contributed by atoms with E-state index in [0.717, 1.165) is 0 Å². The lowest BCUT2D eigenvalue weighted by Gasteiger charge is -2.15. The quantitative estimate of drug-likeness (QED) is 0.642. The first kappa shape index (κ1) is 14.8. The lowest BCUT2D eigenvalue weighted by molar-refractivity contribution is 0.544. The monoisotopic (exact) mass is 286 g/mol. The van der Waals surface area contributed by atoms with Gasteiger partial charge in [0.2, 0.25) is 10.0 Å². The number of terminal acetylenes is 1. The minimum Gasteiger partial charge on any atom is -0.398 e. The van der Waals surface area contributed by atoms with E-state index in [4.69, 9.17) is 23.8 Å². The zero-order valence-electron chi connectivity index (χ0n) is 9.98. The molecule has 1 atom stereocenters. The highest BCUT2D eigenvalue weighted by molar-refractivity contribution is 7.89. The SMILES string of the molecule is C#CCC(CC)NS(=O)(=O)c1ccc(Cl)cc1N. The molecule has 0 radical (unpaired) electrons. The van der Waals surface area contributed by atoms with Crippen molar-refractivity contribution in [1.29, 1.82) is 0 Å². The Labute approximate surface area is 113 Å². The van der Waals surface area contributed by atoms with Crippen molar-refractivity contribution >= 4 is 27.3 Å². The van der Waals surface area contributed by atoms with Crippen molar-refractivity contribution < 1.29 is 8.42 Å². The van der Waals surface area contributed by atoms with Gasteiger partial charge in [-0.1, -0.05) is 18.5 Å². The van der Waals surface area contributed by atoms with Crippen LogP contribution in [0.25, 0.3) is 0 Å². The van der Waals surface area contributed by atoms with Crippen molar-refractivity contribution in [2.45, 2.75) is 30.7 Å². The van der Waals surface area contributed by atoms with Crippen molar-refractivity contribution in [3.8, 4) is 12.3 Å². The number of benzene rings is 1. The third-order valence-electron chi connectivity index (χ3n) is 2.44. The van der Waals surface area contributed by atoms with E-state index in [1.165, 1.54) is 18.2 Å². The van der Waals surface area contributed by atoms with Crippen molar-refractivity contribution in [2.75, 3.05) is 5.73 Å². The van der Waals surface area contributed by atoms with Crippen LogP contribution in [-0.2, 0) is 10.0 Å². The molecule has 0 saturated heterocycles. The predicted octanol–water partition coefficient (Wildman–Crippen LogP) is 2.00. The molecular formula is C12H15ClN2O2S. The van der Waals surface area contributed by atoms with Gasteiger partial charge in [-0.15, -0.1) is 12.3 Å². The fourth-order valence-corrected chi connectivity index (χ4v) is 3.07. The lowest BCUT2D eigenvalue weighted by atomic mass is 10.2. The highest BCUT2D eigenvalue weighted by Crippen LogP contribution is 2.22. The Bertz CT molecular complexity index is 564. The standard InChI is InChI=1S/C12H15ClN2O2S/c1-3-5-10(4-2)15-18(16,17)12-7-6-9(13)8-11(12)14/h1,6-8,10,15H,4-5,14H2,2H3. The van der Waals surface area contributed by atoms with Crippen molar-refractivity contribution in [2.24, 2.45) is 0 Å². The van der Waals surface area contributed by atoms with Crippen LogP contribution < -0.4 is 10.5 Å². The van der Waals surface area contributed by atoms with Crippen LogP contribution >= 0.6 is 11.6 Å². The van der Waals surface area contributed by atoms with E-state index in [0.29, 0.717) is 17.9 Å². The van der Waals surface area contributed by atoms with Gasteiger partial charge in [-0.3, -0.25) is 0 Å². The van der Waals surface area contributed by atoms with Gasteiger partial charge < -0.3 is 5.73 Å². The van der Waals surface area contributed by atoms with Crippen LogP contribution in [0.2, 0.25) is 5.02 Å². The summed E-state index contributed by atoms with van der Waals surface area (Å²) in [5.74, 6) is 2.44. The van der Waals surface area contributed by atoms with Crippen LogP contribution in [-0.4, -0.2) is 14.5 Å².